The number of sulfonamides is 1. The summed E-state index contributed by atoms with van der Waals surface area (Å²) in [6.45, 7) is 5.92. The fraction of sp³-hybridized carbons (Fsp3) is 0.750. The predicted molar refractivity (Wildman–Crippen MR) is 96.7 cm³/mol. The van der Waals surface area contributed by atoms with Crippen LogP contribution in [0.5, 0.6) is 0 Å². The molecule has 1 amide bonds. The third-order valence-electron chi connectivity index (χ3n) is 4.48. The lowest BCUT2D eigenvalue weighted by molar-refractivity contribution is -0.122. The Morgan fingerprint density at radius 3 is 2.56 bits per heavy atom. The van der Waals surface area contributed by atoms with E-state index >= 15 is 0 Å². The summed E-state index contributed by atoms with van der Waals surface area (Å²) >= 11 is 0. The Morgan fingerprint density at radius 2 is 2.04 bits per heavy atom. The molecule has 2 atom stereocenters. The SMILES string of the molecule is Cc1cc(C)n(CCC(=O)NC2CN(S(C)(=O)=O)CC2CN(C)C)n1. The average molecular weight is 372 g/mol. The van der Waals surface area contributed by atoms with Gasteiger partial charge in [-0.25, -0.2) is 8.42 Å². The molecule has 0 aliphatic carbocycles. The van der Waals surface area contributed by atoms with E-state index in [0.717, 1.165) is 17.9 Å². The van der Waals surface area contributed by atoms with Gasteiger partial charge in [0.1, 0.15) is 0 Å². The summed E-state index contributed by atoms with van der Waals surface area (Å²) in [6.07, 6.45) is 1.54. The van der Waals surface area contributed by atoms with Gasteiger partial charge in [-0.3, -0.25) is 9.48 Å². The van der Waals surface area contributed by atoms with Crippen molar-refractivity contribution in [3.05, 3.63) is 17.5 Å². The second-order valence-electron chi connectivity index (χ2n) is 7.18. The second-order valence-corrected chi connectivity index (χ2v) is 9.16. The van der Waals surface area contributed by atoms with Crippen LogP contribution in [0.1, 0.15) is 17.8 Å². The summed E-state index contributed by atoms with van der Waals surface area (Å²) in [6, 6.07) is 1.82. The Hall–Kier alpha value is -1.45. The molecule has 1 aliphatic rings. The minimum absolute atomic E-state index is 0.0725. The minimum atomic E-state index is -3.25. The van der Waals surface area contributed by atoms with Gasteiger partial charge in [0.05, 0.1) is 11.9 Å². The average Bonchev–Trinajstić information content (AvgIpc) is 2.99. The molecule has 142 valence electrons. The van der Waals surface area contributed by atoms with Gasteiger partial charge >= 0.3 is 0 Å². The summed E-state index contributed by atoms with van der Waals surface area (Å²) in [4.78, 5) is 14.4. The van der Waals surface area contributed by atoms with Crippen LogP contribution in [-0.4, -0.2) is 79.3 Å². The molecule has 0 radical (unpaired) electrons. The lowest BCUT2D eigenvalue weighted by Gasteiger charge is -2.22. The minimum Gasteiger partial charge on any atom is -0.352 e. The van der Waals surface area contributed by atoms with Crippen molar-refractivity contribution in [2.24, 2.45) is 5.92 Å². The molecule has 1 saturated heterocycles. The fourth-order valence-corrected chi connectivity index (χ4v) is 4.20. The maximum absolute atomic E-state index is 12.3. The molecule has 1 N–H and O–H groups in total. The van der Waals surface area contributed by atoms with Gasteiger partial charge in [-0.2, -0.15) is 9.40 Å². The largest absolute Gasteiger partial charge is 0.352 e. The Labute approximate surface area is 150 Å². The number of aryl methyl sites for hydroxylation is 3. The second kappa shape index (κ2) is 7.84. The van der Waals surface area contributed by atoms with Gasteiger partial charge in [0.25, 0.3) is 0 Å². The molecule has 2 rings (SSSR count). The molecule has 1 fully saturated rings. The Morgan fingerprint density at radius 1 is 1.36 bits per heavy atom. The molecule has 1 aromatic rings. The lowest BCUT2D eigenvalue weighted by Crippen LogP contribution is -2.43. The number of hydrogen-bond acceptors (Lipinski definition) is 5. The monoisotopic (exact) mass is 371 g/mol. The Kier molecular flexibility index (Phi) is 6.23. The van der Waals surface area contributed by atoms with Gasteiger partial charge in [0.15, 0.2) is 0 Å². The number of carbonyl (C=O) groups is 1. The highest BCUT2D eigenvalue weighted by atomic mass is 32.2. The van der Waals surface area contributed by atoms with Crippen LogP contribution in [-0.2, 0) is 21.4 Å². The molecular formula is C16H29N5O3S. The van der Waals surface area contributed by atoms with E-state index in [1.807, 2.05) is 43.6 Å². The smallest absolute Gasteiger partial charge is 0.222 e. The summed E-state index contributed by atoms with van der Waals surface area (Å²) < 4.78 is 26.9. The van der Waals surface area contributed by atoms with E-state index in [9.17, 15) is 13.2 Å². The molecule has 9 heteroatoms. The molecule has 0 bridgehead atoms. The zero-order chi connectivity index (χ0) is 18.8. The van der Waals surface area contributed by atoms with Gasteiger partial charge in [0, 0.05) is 50.3 Å². The quantitative estimate of drug-likeness (QED) is 0.719. The van der Waals surface area contributed by atoms with E-state index in [1.54, 1.807) is 0 Å². The predicted octanol–water partition coefficient (Wildman–Crippen LogP) is -0.172. The third kappa shape index (κ3) is 5.52. The molecule has 2 heterocycles. The fourth-order valence-electron chi connectivity index (χ4n) is 3.31. The number of carbonyl (C=O) groups excluding carboxylic acids is 1. The standard InChI is InChI=1S/C16H29N5O3S/c1-12-8-13(2)21(18-12)7-6-16(22)17-15-11-20(25(5,23)24)10-14(15)9-19(3)4/h8,14-15H,6-7,9-11H2,1-5H3,(H,17,22). The van der Waals surface area contributed by atoms with Crippen LogP contribution in [0.3, 0.4) is 0 Å². The third-order valence-corrected chi connectivity index (χ3v) is 5.71. The first-order valence-electron chi connectivity index (χ1n) is 8.46. The maximum atomic E-state index is 12.3. The molecular weight excluding hydrogens is 342 g/mol. The summed E-state index contributed by atoms with van der Waals surface area (Å²) in [7, 11) is 0.650. The summed E-state index contributed by atoms with van der Waals surface area (Å²) in [5.41, 5.74) is 1.96. The first kappa shape index (κ1) is 19.9. The molecule has 0 aromatic carbocycles. The van der Waals surface area contributed by atoms with Gasteiger partial charge in [-0.05, 0) is 34.0 Å². The van der Waals surface area contributed by atoms with Crippen LogP contribution >= 0.6 is 0 Å². The topological polar surface area (TPSA) is 87.5 Å². The van der Waals surface area contributed by atoms with E-state index in [1.165, 1.54) is 10.6 Å². The molecule has 0 saturated carbocycles. The zero-order valence-corrected chi connectivity index (χ0v) is 16.5. The molecule has 8 nitrogen and oxygen atoms in total. The van der Waals surface area contributed by atoms with Crippen molar-refractivity contribution in [3.8, 4) is 0 Å². The summed E-state index contributed by atoms with van der Waals surface area (Å²) in [5.74, 6) is 0.0130. The number of nitrogens with one attached hydrogen (secondary N) is 1. The molecule has 2 unspecified atom stereocenters. The van der Waals surface area contributed by atoms with E-state index in [4.69, 9.17) is 0 Å². The van der Waals surface area contributed by atoms with Crippen molar-refractivity contribution in [2.75, 3.05) is 40.0 Å². The first-order chi connectivity index (χ1) is 11.6. The van der Waals surface area contributed by atoms with E-state index in [2.05, 4.69) is 10.4 Å². The van der Waals surface area contributed by atoms with Gasteiger partial charge in [-0.1, -0.05) is 0 Å². The van der Waals surface area contributed by atoms with Crippen molar-refractivity contribution < 1.29 is 13.2 Å². The van der Waals surface area contributed by atoms with Crippen molar-refractivity contribution in [2.45, 2.75) is 32.9 Å². The zero-order valence-electron chi connectivity index (χ0n) is 15.7. The molecule has 0 spiro atoms. The van der Waals surface area contributed by atoms with Gasteiger partial charge in [-0.15, -0.1) is 0 Å². The number of rotatable bonds is 7. The van der Waals surface area contributed by atoms with Crippen molar-refractivity contribution >= 4 is 15.9 Å². The summed E-state index contributed by atoms with van der Waals surface area (Å²) in [5, 5.41) is 7.38. The molecule has 1 aliphatic heterocycles. The van der Waals surface area contributed by atoms with Gasteiger partial charge in [0.2, 0.25) is 15.9 Å². The Balaban J connectivity index is 1.95. The number of amides is 1. The van der Waals surface area contributed by atoms with E-state index in [0.29, 0.717) is 26.1 Å². The van der Waals surface area contributed by atoms with Crippen LogP contribution in [0.15, 0.2) is 6.07 Å². The molecule has 25 heavy (non-hydrogen) atoms. The van der Waals surface area contributed by atoms with Crippen molar-refractivity contribution in [1.82, 2.24) is 24.3 Å². The highest BCUT2D eigenvalue weighted by molar-refractivity contribution is 7.88. The molecule has 1 aromatic heterocycles. The van der Waals surface area contributed by atoms with Crippen LogP contribution in [0.25, 0.3) is 0 Å². The van der Waals surface area contributed by atoms with Gasteiger partial charge < -0.3 is 10.2 Å². The Bertz CT molecular complexity index is 713. The van der Waals surface area contributed by atoms with Crippen LogP contribution in [0.2, 0.25) is 0 Å². The lowest BCUT2D eigenvalue weighted by atomic mass is 10.0. The van der Waals surface area contributed by atoms with Crippen molar-refractivity contribution in [1.29, 1.82) is 0 Å². The highest BCUT2D eigenvalue weighted by Gasteiger charge is 2.37. The van der Waals surface area contributed by atoms with Crippen molar-refractivity contribution in [3.63, 3.8) is 0 Å². The normalized spacial score (nSPS) is 21.8. The number of nitrogens with zero attached hydrogens (tertiary/aromatic N) is 4. The first-order valence-corrected chi connectivity index (χ1v) is 10.3. The van der Waals surface area contributed by atoms with E-state index in [-0.39, 0.29) is 17.9 Å². The van der Waals surface area contributed by atoms with Crippen LogP contribution in [0.4, 0.5) is 0 Å². The number of aromatic nitrogens is 2. The number of hydrogen-bond donors (Lipinski definition) is 1. The van der Waals surface area contributed by atoms with Crippen LogP contribution in [0, 0.1) is 19.8 Å². The van der Waals surface area contributed by atoms with E-state index < -0.39 is 10.0 Å². The highest BCUT2D eigenvalue weighted by Crippen LogP contribution is 2.20. The maximum Gasteiger partial charge on any atom is 0.222 e. The van der Waals surface area contributed by atoms with Crippen LogP contribution < -0.4 is 5.32 Å².